The van der Waals surface area contributed by atoms with Crippen LogP contribution in [-0.2, 0) is 9.84 Å². The number of sulfone groups is 1. The molecule has 1 atom stereocenters. The fourth-order valence-corrected chi connectivity index (χ4v) is 3.23. The summed E-state index contributed by atoms with van der Waals surface area (Å²) in [5.41, 5.74) is 2.13. The predicted octanol–water partition coefficient (Wildman–Crippen LogP) is -0.973. The molecule has 0 saturated carbocycles. The highest BCUT2D eigenvalue weighted by Crippen LogP contribution is 2.21. The van der Waals surface area contributed by atoms with Crippen molar-refractivity contribution in [3.05, 3.63) is 0 Å². The van der Waals surface area contributed by atoms with Gasteiger partial charge in [-0.3, -0.25) is 11.3 Å². The van der Waals surface area contributed by atoms with Gasteiger partial charge >= 0.3 is 0 Å². The maximum atomic E-state index is 10.9. The maximum Gasteiger partial charge on any atom is 0.152 e. The lowest BCUT2D eigenvalue weighted by Crippen LogP contribution is -2.47. The second-order valence-electron chi connectivity index (χ2n) is 3.05. The van der Waals surface area contributed by atoms with Crippen molar-refractivity contribution in [1.82, 2.24) is 5.43 Å². The lowest BCUT2D eigenvalue weighted by molar-refractivity contribution is 0.408. The summed E-state index contributed by atoms with van der Waals surface area (Å²) in [5, 5.41) is 0. The molecule has 0 radical (unpaired) electrons. The molecule has 1 aliphatic rings. The van der Waals surface area contributed by atoms with Gasteiger partial charge in [0.15, 0.2) is 9.84 Å². The molecule has 0 aromatic heterocycles. The molecule has 1 heterocycles. The molecule has 10 heavy (non-hydrogen) atoms. The molecule has 1 saturated heterocycles. The number of hydrazine groups is 1. The van der Waals surface area contributed by atoms with Crippen molar-refractivity contribution in [1.29, 1.82) is 0 Å². The van der Waals surface area contributed by atoms with Gasteiger partial charge in [-0.2, -0.15) is 0 Å². The van der Waals surface area contributed by atoms with Gasteiger partial charge in [0.2, 0.25) is 0 Å². The summed E-state index contributed by atoms with van der Waals surface area (Å²) in [4.78, 5) is 0. The van der Waals surface area contributed by atoms with E-state index in [1.165, 1.54) is 0 Å². The fourth-order valence-electron chi connectivity index (χ4n) is 1.12. The molecule has 0 aromatic carbocycles. The Labute approximate surface area is 60.7 Å². The predicted molar refractivity (Wildman–Crippen MR) is 39.0 cm³/mol. The van der Waals surface area contributed by atoms with Crippen molar-refractivity contribution in [2.75, 3.05) is 11.5 Å². The Kier molecular flexibility index (Phi) is 1.74. The van der Waals surface area contributed by atoms with Gasteiger partial charge < -0.3 is 0 Å². The van der Waals surface area contributed by atoms with Gasteiger partial charge in [-0.1, -0.05) is 0 Å². The van der Waals surface area contributed by atoms with E-state index in [-0.39, 0.29) is 11.5 Å². The average Bonchev–Trinajstić information content (AvgIpc) is 2.08. The number of nitrogens with one attached hydrogen (secondary N) is 1. The minimum Gasteiger partial charge on any atom is -0.271 e. The summed E-state index contributed by atoms with van der Waals surface area (Å²) in [7, 11) is -2.81. The molecule has 4 nitrogen and oxygen atoms in total. The Balaban J connectivity index is 2.76. The van der Waals surface area contributed by atoms with Gasteiger partial charge in [-0.15, -0.1) is 0 Å². The third-order valence-corrected chi connectivity index (χ3v) is 3.75. The minimum absolute atomic E-state index is 0.163. The zero-order valence-electron chi connectivity index (χ0n) is 5.92. The first kappa shape index (κ1) is 7.97. The largest absolute Gasteiger partial charge is 0.271 e. The molecule has 1 aliphatic heterocycles. The lowest BCUT2D eigenvalue weighted by Gasteiger charge is -2.19. The van der Waals surface area contributed by atoms with Crippen LogP contribution < -0.4 is 11.3 Å². The Hall–Kier alpha value is -0.130. The quantitative estimate of drug-likeness (QED) is 0.386. The second-order valence-corrected chi connectivity index (χ2v) is 5.23. The first-order valence-corrected chi connectivity index (χ1v) is 4.98. The van der Waals surface area contributed by atoms with E-state index in [1.807, 2.05) is 6.92 Å². The molecule has 60 valence electrons. The summed E-state index contributed by atoms with van der Waals surface area (Å²) >= 11 is 0. The van der Waals surface area contributed by atoms with E-state index in [1.54, 1.807) is 0 Å². The van der Waals surface area contributed by atoms with Crippen LogP contribution in [0.25, 0.3) is 0 Å². The fraction of sp³-hybridized carbons (Fsp3) is 1.00. The maximum absolute atomic E-state index is 10.9. The molecule has 1 fully saturated rings. The van der Waals surface area contributed by atoms with Crippen LogP contribution >= 0.6 is 0 Å². The Morgan fingerprint density at radius 3 is 2.40 bits per heavy atom. The van der Waals surface area contributed by atoms with Crippen LogP contribution in [0.2, 0.25) is 0 Å². The topological polar surface area (TPSA) is 72.2 Å². The highest BCUT2D eigenvalue weighted by atomic mass is 32.2. The molecule has 0 aromatic rings. The molecule has 3 N–H and O–H groups in total. The number of rotatable bonds is 1. The van der Waals surface area contributed by atoms with Crippen LogP contribution in [0.4, 0.5) is 0 Å². The van der Waals surface area contributed by atoms with Crippen molar-refractivity contribution < 1.29 is 8.42 Å². The first-order valence-electron chi connectivity index (χ1n) is 3.16. The molecule has 0 bridgehead atoms. The van der Waals surface area contributed by atoms with E-state index in [9.17, 15) is 8.42 Å². The van der Waals surface area contributed by atoms with Crippen LogP contribution in [0.3, 0.4) is 0 Å². The minimum atomic E-state index is -2.81. The number of nitrogens with two attached hydrogens (primary N) is 1. The Morgan fingerprint density at radius 1 is 1.60 bits per heavy atom. The standard InChI is InChI=1S/C5H12N2O2S/c1-5(7-6)2-3-10(8,9)4-5/h7H,2-4,6H2,1H3/t5-/m1/s1. The van der Waals surface area contributed by atoms with Crippen molar-refractivity contribution in [2.24, 2.45) is 5.84 Å². The van der Waals surface area contributed by atoms with Crippen LogP contribution in [0, 0.1) is 0 Å². The van der Waals surface area contributed by atoms with Gasteiger partial charge in [0.25, 0.3) is 0 Å². The zero-order valence-corrected chi connectivity index (χ0v) is 6.74. The number of hydrogen-bond donors (Lipinski definition) is 2. The summed E-state index contributed by atoms with van der Waals surface area (Å²) in [6.45, 7) is 1.82. The molecule has 0 amide bonds. The van der Waals surface area contributed by atoms with Crippen molar-refractivity contribution in [3.63, 3.8) is 0 Å². The van der Waals surface area contributed by atoms with Gasteiger partial charge in [-0.05, 0) is 13.3 Å². The smallest absolute Gasteiger partial charge is 0.152 e. The molecular formula is C5H12N2O2S. The van der Waals surface area contributed by atoms with Crippen molar-refractivity contribution in [2.45, 2.75) is 18.9 Å². The van der Waals surface area contributed by atoms with Gasteiger partial charge in [0, 0.05) is 5.54 Å². The summed E-state index contributed by atoms with van der Waals surface area (Å²) in [6.07, 6.45) is 0.617. The van der Waals surface area contributed by atoms with Crippen LogP contribution in [0.1, 0.15) is 13.3 Å². The van der Waals surface area contributed by atoms with Gasteiger partial charge in [-0.25, -0.2) is 8.42 Å². The van der Waals surface area contributed by atoms with E-state index in [2.05, 4.69) is 5.43 Å². The highest BCUT2D eigenvalue weighted by molar-refractivity contribution is 7.91. The lowest BCUT2D eigenvalue weighted by atomic mass is 10.0. The Morgan fingerprint density at radius 2 is 2.20 bits per heavy atom. The van der Waals surface area contributed by atoms with Gasteiger partial charge in [0.1, 0.15) is 0 Å². The third-order valence-electron chi connectivity index (χ3n) is 1.85. The van der Waals surface area contributed by atoms with E-state index >= 15 is 0 Å². The molecule has 0 spiro atoms. The van der Waals surface area contributed by atoms with E-state index in [0.717, 1.165) is 0 Å². The molecular weight excluding hydrogens is 152 g/mol. The zero-order chi connectivity index (χ0) is 7.83. The average molecular weight is 164 g/mol. The summed E-state index contributed by atoms with van der Waals surface area (Å²) in [6, 6.07) is 0. The first-order chi connectivity index (χ1) is 4.47. The monoisotopic (exact) mass is 164 g/mol. The van der Waals surface area contributed by atoms with Crippen molar-refractivity contribution in [3.8, 4) is 0 Å². The second kappa shape index (κ2) is 2.18. The molecule has 1 rings (SSSR count). The molecule has 5 heteroatoms. The van der Waals surface area contributed by atoms with Crippen LogP contribution in [-0.4, -0.2) is 25.5 Å². The van der Waals surface area contributed by atoms with E-state index in [0.29, 0.717) is 6.42 Å². The van der Waals surface area contributed by atoms with E-state index < -0.39 is 15.4 Å². The van der Waals surface area contributed by atoms with Gasteiger partial charge in [0.05, 0.1) is 11.5 Å². The Bertz CT molecular complexity index is 224. The van der Waals surface area contributed by atoms with Crippen LogP contribution in [0.15, 0.2) is 0 Å². The molecule has 0 aliphatic carbocycles. The third kappa shape index (κ3) is 1.47. The summed E-state index contributed by atoms with van der Waals surface area (Å²) in [5.74, 6) is 5.60. The van der Waals surface area contributed by atoms with Crippen LogP contribution in [0.5, 0.6) is 0 Å². The van der Waals surface area contributed by atoms with E-state index in [4.69, 9.17) is 5.84 Å². The SMILES string of the molecule is C[C@@]1(NN)CCS(=O)(=O)C1. The number of hydrogen-bond acceptors (Lipinski definition) is 4. The van der Waals surface area contributed by atoms with Crippen molar-refractivity contribution >= 4 is 9.84 Å². The summed E-state index contributed by atoms with van der Waals surface area (Å²) < 4.78 is 21.8. The molecule has 0 unspecified atom stereocenters. The normalized spacial score (nSPS) is 38.2. The highest BCUT2D eigenvalue weighted by Gasteiger charge is 2.37.